The Morgan fingerprint density at radius 1 is 1.35 bits per heavy atom. The van der Waals surface area contributed by atoms with Gasteiger partial charge in [-0.15, -0.1) is 0 Å². The third-order valence-corrected chi connectivity index (χ3v) is 4.57. The third-order valence-electron chi connectivity index (χ3n) is 4.08. The van der Waals surface area contributed by atoms with Gasteiger partial charge in [0, 0.05) is 10.2 Å². The SMILES string of the molecule is CCC[n+]1[nH]cc2c(C3C(=O)Nc4ccc(Br)cc43)ncnc21. The molecule has 0 radical (unpaired) electrons. The smallest absolute Gasteiger partial charge is 0.325 e. The summed E-state index contributed by atoms with van der Waals surface area (Å²) in [6, 6.07) is 5.80. The van der Waals surface area contributed by atoms with E-state index in [0.29, 0.717) is 0 Å². The monoisotopic (exact) mass is 372 g/mol. The highest BCUT2D eigenvalue weighted by atomic mass is 79.9. The van der Waals surface area contributed by atoms with Crippen LogP contribution in [0.3, 0.4) is 0 Å². The number of hydrogen-bond acceptors (Lipinski definition) is 3. The van der Waals surface area contributed by atoms with Gasteiger partial charge in [0.1, 0.15) is 17.8 Å². The Kier molecular flexibility index (Phi) is 3.37. The number of aromatic nitrogens is 4. The van der Waals surface area contributed by atoms with E-state index in [4.69, 9.17) is 0 Å². The van der Waals surface area contributed by atoms with E-state index in [1.807, 2.05) is 29.1 Å². The second-order valence-corrected chi connectivity index (χ2v) is 6.49. The molecule has 1 aliphatic heterocycles. The molecular formula is C16H15BrN5O+. The molecule has 0 fully saturated rings. The summed E-state index contributed by atoms with van der Waals surface area (Å²) < 4.78 is 2.92. The second kappa shape index (κ2) is 5.42. The molecule has 2 aromatic heterocycles. The van der Waals surface area contributed by atoms with Crippen LogP contribution in [-0.4, -0.2) is 21.0 Å². The lowest BCUT2D eigenvalue weighted by molar-refractivity contribution is -0.728. The number of aryl methyl sites for hydroxylation is 1. The summed E-state index contributed by atoms with van der Waals surface area (Å²) in [5.41, 5.74) is 3.34. The molecule has 3 heterocycles. The molecule has 6 nitrogen and oxygen atoms in total. The van der Waals surface area contributed by atoms with Gasteiger partial charge in [-0.1, -0.05) is 22.9 Å². The number of amides is 1. The van der Waals surface area contributed by atoms with Crippen LogP contribution >= 0.6 is 15.9 Å². The molecule has 1 atom stereocenters. The van der Waals surface area contributed by atoms with E-state index in [2.05, 4.69) is 43.2 Å². The molecule has 0 saturated carbocycles. The molecule has 3 aromatic rings. The fraction of sp³-hybridized carbons (Fsp3) is 0.250. The van der Waals surface area contributed by atoms with Crippen molar-refractivity contribution in [3.05, 3.63) is 46.5 Å². The van der Waals surface area contributed by atoms with E-state index in [0.717, 1.165) is 45.4 Å². The normalized spacial score (nSPS) is 16.6. The Morgan fingerprint density at radius 2 is 2.22 bits per heavy atom. The fourth-order valence-corrected chi connectivity index (χ4v) is 3.46. The highest BCUT2D eigenvalue weighted by molar-refractivity contribution is 9.10. The van der Waals surface area contributed by atoms with Crippen molar-refractivity contribution in [1.29, 1.82) is 0 Å². The lowest BCUT2D eigenvalue weighted by Gasteiger charge is -2.07. The third kappa shape index (κ3) is 2.23. The minimum Gasteiger partial charge on any atom is -0.325 e. The zero-order chi connectivity index (χ0) is 16.0. The number of fused-ring (bicyclic) bond motifs is 2. The first kappa shape index (κ1) is 14.3. The van der Waals surface area contributed by atoms with Crippen molar-refractivity contribution in [2.75, 3.05) is 5.32 Å². The van der Waals surface area contributed by atoms with Gasteiger partial charge in [-0.2, -0.15) is 4.68 Å². The van der Waals surface area contributed by atoms with Gasteiger partial charge in [0.25, 0.3) is 0 Å². The number of anilines is 1. The number of H-pyrrole nitrogens is 1. The Balaban J connectivity index is 1.90. The van der Waals surface area contributed by atoms with Gasteiger partial charge in [-0.05, 0) is 35.2 Å². The Hall–Kier alpha value is -2.28. The summed E-state index contributed by atoms with van der Waals surface area (Å²) in [7, 11) is 0. The van der Waals surface area contributed by atoms with Crippen molar-refractivity contribution in [1.82, 2.24) is 15.1 Å². The topological polar surface area (TPSA) is 74.5 Å². The van der Waals surface area contributed by atoms with Crippen molar-refractivity contribution in [3.63, 3.8) is 0 Å². The van der Waals surface area contributed by atoms with Gasteiger partial charge in [0.2, 0.25) is 12.2 Å². The molecule has 4 rings (SSSR count). The maximum atomic E-state index is 12.5. The highest BCUT2D eigenvalue weighted by Crippen LogP contribution is 2.39. The number of hydrogen-bond donors (Lipinski definition) is 2. The van der Waals surface area contributed by atoms with Crippen molar-refractivity contribution in [3.8, 4) is 0 Å². The molecule has 116 valence electrons. The van der Waals surface area contributed by atoms with E-state index < -0.39 is 5.92 Å². The molecule has 7 heteroatoms. The van der Waals surface area contributed by atoms with Crippen molar-refractivity contribution >= 4 is 38.6 Å². The van der Waals surface area contributed by atoms with E-state index in [1.54, 1.807) is 0 Å². The molecule has 1 amide bonds. The first-order chi connectivity index (χ1) is 11.2. The van der Waals surface area contributed by atoms with Crippen molar-refractivity contribution < 1.29 is 9.48 Å². The van der Waals surface area contributed by atoms with E-state index in [1.165, 1.54) is 6.33 Å². The maximum absolute atomic E-state index is 12.5. The van der Waals surface area contributed by atoms with Crippen LogP contribution < -0.4 is 10.00 Å². The van der Waals surface area contributed by atoms with Gasteiger partial charge in [0.05, 0.1) is 11.9 Å². The van der Waals surface area contributed by atoms with E-state index in [9.17, 15) is 4.79 Å². The van der Waals surface area contributed by atoms with Gasteiger partial charge in [-0.25, -0.2) is 10.1 Å². The molecular weight excluding hydrogens is 358 g/mol. The standard InChI is InChI=1S/C16H14BrN5O/c1-2-5-22-15-11(7-20-22)14(18-8-19-15)13-10-6-9(17)3-4-12(10)21-16(13)23/h3-4,6-8,13H,2,5H2,1H3,(H,21,23)/p+1. The van der Waals surface area contributed by atoms with Gasteiger partial charge >= 0.3 is 5.65 Å². The molecule has 2 N–H and O–H groups in total. The van der Waals surface area contributed by atoms with E-state index in [-0.39, 0.29) is 5.91 Å². The average Bonchev–Trinajstić information content (AvgIpc) is 3.08. The Morgan fingerprint density at radius 3 is 3.04 bits per heavy atom. The highest BCUT2D eigenvalue weighted by Gasteiger charge is 2.36. The minimum absolute atomic E-state index is 0.0543. The van der Waals surface area contributed by atoms with Gasteiger partial charge in [-0.3, -0.25) is 4.79 Å². The molecule has 0 saturated heterocycles. The van der Waals surface area contributed by atoms with Crippen molar-refractivity contribution in [2.24, 2.45) is 0 Å². The predicted molar refractivity (Wildman–Crippen MR) is 89.0 cm³/mol. The number of halogens is 1. The zero-order valence-electron chi connectivity index (χ0n) is 12.5. The quantitative estimate of drug-likeness (QED) is 0.693. The van der Waals surface area contributed by atoms with Gasteiger partial charge in [0.15, 0.2) is 0 Å². The lowest BCUT2D eigenvalue weighted by atomic mass is 9.95. The number of rotatable bonds is 3. The Labute approximate surface area is 141 Å². The molecule has 1 unspecified atom stereocenters. The van der Waals surface area contributed by atoms with Crippen LogP contribution in [0, 0.1) is 0 Å². The number of aromatic amines is 1. The summed E-state index contributed by atoms with van der Waals surface area (Å²) >= 11 is 3.48. The Bertz CT molecular complexity index is 920. The number of nitrogens with zero attached hydrogens (tertiary/aromatic N) is 3. The number of benzene rings is 1. The zero-order valence-corrected chi connectivity index (χ0v) is 14.1. The molecule has 0 bridgehead atoms. The van der Waals surface area contributed by atoms with Crippen LogP contribution in [0.25, 0.3) is 11.0 Å². The predicted octanol–water partition coefficient (Wildman–Crippen LogP) is 2.50. The van der Waals surface area contributed by atoms with Crippen LogP contribution in [0.2, 0.25) is 0 Å². The van der Waals surface area contributed by atoms with Crippen LogP contribution in [0.15, 0.2) is 35.2 Å². The van der Waals surface area contributed by atoms with Crippen LogP contribution in [0.1, 0.15) is 30.5 Å². The van der Waals surface area contributed by atoms with Crippen LogP contribution in [0.5, 0.6) is 0 Å². The number of carbonyl (C=O) groups is 1. The molecule has 1 aromatic carbocycles. The largest absolute Gasteiger partial charge is 0.354 e. The maximum Gasteiger partial charge on any atom is 0.354 e. The van der Waals surface area contributed by atoms with E-state index >= 15 is 0 Å². The summed E-state index contributed by atoms with van der Waals surface area (Å²) in [6.07, 6.45) is 4.41. The number of carbonyl (C=O) groups excluding carboxylic acids is 1. The van der Waals surface area contributed by atoms with Crippen LogP contribution in [0.4, 0.5) is 5.69 Å². The molecule has 1 aliphatic rings. The number of nitrogens with one attached hydrogen (secondary N) is 2. The minimum atomic E-state index is -0.418. The average molecular weight is 373 g/mol. The first-order valence-electron chi connectivity index (χ1n) is 7.51. The van der Waals surface area contributed by atoms with Crippen LogP contribution in [-0.2, 0) is 11.3 Å². The fourth-order valence-electron chi connectivity index (χ4n) is 3.08. The first-order valence-corrected chi connectivity index (χ1v) is 8.30. The summed E-state index contributed by atoms with van der Waals surface area (Å²) in [5.74, 6) is -0.472. The molecule has 0 spiro atoms. The molecule has 23 heavy (non-hydrogen) atoms. The lowest BCUT2D eigenvalue weighted by Crippen LogP contribution is -2.36. The van der Waals surface area contributed by atoms with Gasteiger partial charge < -0.3 is 5.32 Å². The summed E-state index contributed by atoms with van der Waals surface area (Å²) in [5, 5.41) is 7.02. The molecule has 0 aliphatic carbocycles. The second-order valence-electron chi connectivity index (χ2n) is 5.58. The van der Waals surface area contributed by atoms with Crippen molar-refractivity contribution in [2.45, 2.75) is 25.8 Å². The summed E-state index contributed by atoms with van der Waals surface area (Å²) in [4.78, 5) is 21.3. The summed E-state index contributed by atoms with van der Waals surface area (Å²) in [6.45, 7) is 2.96.